The smallest absolute Gasteiger partial charge is 0.203 e. The summed E-state index contributed by atoms with van der Waals surface area (Å²) in [6.07, 6.45) is 13.2. The molecule has 2 aromatic heterocycles. The van der Waals surface area contributed by atoms with Gasteiger partial charge >= 0.3 is 0 Å². The maximum Gasteiger partial charge on any atom is 0.203 e. The number of carbonyl (C=O) groups is 1. The number of rotatable bonds is 2. The number of Topliss-reactive ketones (excluding diaryl/α,β-unsaturated/α-hetero) is 1. The fourth-order valence-corrected chi connectivity index (χ4v) is 3.09. The molecule has 1 aliphatic rings. The first-order valence-corrected chi connectivity index (χ1v) is 6.91. The molecule has 0 aromatic carbocycles. The molecule has 3 heteroatoms. The summed E-state index contributed by atoms with van der Waals surface area (Å²) >= 11 is 1.51. The van der Waals surface area contributed by atoms with Crippen LogP contribution in [0.15, 0.2) is 60.2 Å². The van der Waals surface area contributed by atoms with E-state index < -0.39 is 0 Å². The van der Waals surface area contributed by atoms with E-state index >= 15 is 0 Å². The quantitative estimate of drug-likeness (QED) is 0.807. The number of aromatic amines is 1. The maximum atomic E-state index is 12.4. The van der Waals surface area contributed by atoms with Crippen LogP contribution in [0, 0.1) is 6.92 Å². The number of ketones is 1. The van der Waals surface area contributed by atoms with E-state index in [4.69, 9.17) is 0 Å². The molecule has 94 valence electrons. The molecule has 0 spiro atoms. The first-order chi connectivity index (χ1) is 9.24. The SMILES string of the molecule is Cc1cc2cc(C(=O)C3=CC=CC=CC=C3)sc2[nH]1. The van der Waals surface area contributed by atoms with Crippen LogP contribution in [0.4, 0.5) is 0 Å². The van der Waals surface area contributed by atoms with Gasteiger partial charge in [0, 0.05) is 16.7 Å². The Kier molecular flexibility index (Phi) is 3.05. The van der Waals surface area contributed by atoms with Gasteiger partial charge in [-0.15, -0.1) is 11.3 Å². The van der Waals surface area contributed by atoms with E-state index in [0.717, 1.165) is 20.8 Å². The third-order valence-electron chi connectivity index (χ3n) is 2.93. The zero-order chi connectivity index (χ0) is 13.2. The van der Waals surface area contributed by atoms with Crippen LogP contribution >= 0.6 is 11.3 Å². The highest BCUT2D eigenvalue weighted by Crippen LogP contribution is 2.28. The lowest BCUT2D eigenvalue weighted by Gasteiger charge is -1.98. The number of fused-ring (bicyclic) bond motifs is 1. The van der Waals surface area contributed by atoms with Crippen LogP contribution in [0.2, 0.25) is 0 Å². The predicted octanol–water partition coefficient (Wildman–Crippen LogP) is 4.33. The summed E-state index contributed by atoms with van der Waals surface area (Å²) < 4.78 is 0. The van der Waals surface area contributed by atoms with E-state index in [1.807, 2.05) is 55.5 Å². The number of hydrogen-bond acceptors (Lipinski definition) is 2. The standard InChI is InChI=1S/C16H13NOS/c1-11-9-13-10-14(19-16(13)17-11)15(18)12-7-5-3-2-4-6-8-12/h2-10,17H,1H3. The summed E-state index contributed by atoms with van der Waals surface area (Å²) in [5, 5.41) is 1.11. The van der Waals surface area contributed by atoms with Crippen molar-refractivity contribution in [2.75, 3.05) is 0 Å². The van der Waals surface area contributed by atoms with E-state index in [-0.39, 0.29) is 5.78 Å². The van der Waals surface area contributed by atoms with E-state index in [1.165, 1.54) is 11.3 Å². The average molecular weight is 267 g/mol. The Bertz CT molecular complexity index is 721. The summed E-state index contributed by atoms with van der Waals surface area (Å²) in [5.41, 5.74) is 1.83. The Morgan fingerprint density at radius 2 is 1.89 bits per heavy atom. The topological polar surface area (TPSA) is 32.9 Å². The van der Waals surface area contributed by atoms with E-state index in [9.17, 15) is 4.79 Å². The second-order valence-corrected chi connectivity index (χ2v) is 5.48. The molecule has 0 saturated heterocycles. The van der Waals surface area contributed by atoms with Crippen LogP contribution < -0.4 is 0 Å². The number of aryl methyl sites for hydroxylation is 1. The van der Waals surface area contributed by atoms with Gasteiger partial charge in [-0.1, -0.05) is 42.5 Å². The third kappa shape index (κ3) is 2.37. The second kappa shape index (κ2) is 4.86. The maximum absolute atomic E-state index is 12.4. The number of H-pyrrole nitrogens is 1. The summed E-state index contributed by atoms with van der Waals surface area (Å²) in [4.78, 5) is 17.5. The number of carbonyl (C=O) groups excluding carboxylic acids is 1. The summed E-state index contributed by atoms with van der Waals surface area (Å²) in [6, 6.07) is 4.02. The van der Waals surface area contributed by atoms with E-state index in [2.05, 4.69) is 11.1 Å². The van der Waals surface area contributed by atoms with Crippen molar-refractivity contribution in [2.24, 2.45) is 0 Å². The minimum Gasteiger partial charge on any atom is -0.350 e. The molecule has 1 N–H and O–H groups in total. The van der Waals surface area contributed by atoms with Crippen LogP contribution in [0.3, 0.4) is 0 Å². The van der Waals surface area contributed by atoms with Crippen molar-refractivity contribution in [1.29, 1.82) is 0 Å². The van der Waals surface area contributed by atoms with Gasteiger partial charge in [-0.3, -0.25) is 4.79 Å². The number of allylic oxidation sites excluding steroid dienone is 8. The normalized spacial score (nSPS) is 14.5. The highest BCUT2D eigenvalue weighted by Gasteiger charge is 2.14. The Labute approximate surface area is 115 Å². The summed E-state index contributed by atoms with van der Waals surface area (Å²) in [7, 11) is 0. The first-order valence-electron chi connectivity index (χ1n) is 6.09. The Morgan fingerprint density at radius 3 is 2.74 bits per heavy atom. The van der Waals surface area contributed by atoms with Crippen molar-refractivity contribution in [2.45, 2.75) is 6.92 Å². The predicted molar refractivity (Wildman–Crippen MR) is 80.7 cm³/mol. The Balaban J connectivity index is 1.96. The molecule has 3 rings (SSSR count). The summed E-state index contributed by atoms with van der Waals surface area (Å²) in [6.45, 7) is 2.02. The fraction of sp³-hybridized carbons (Fsp3) is 0.0625. The van der Waals surface area contributed by atoms with Gasteiger partial charge in [-0.25, -0.2) is 0 Å². The van der Waals surface area contributed by atoms with E-state index in [0.29, 0.717) is 5.57 Å². The largest absolute Gasteiger partial charge is 0.350 e. The molecule has 1 aliphatic carbocycles. The van der Waals surface area contributed by atoms with Gasteiger partial charge in [-0.05, 0) is 19.1 Å². The van der Waals surface area contributed by atoms with Gasteiger partial charge in [0.1, 0.15) is 4.83 Å². The van der Waals surface area contributed by atoms with Crippen molar-refractivity contribution in [1.82, 2.24) is 4.98 Å². The molecule has 0 amide bonds. The lowest BCUT2D eigenvalue weighted by atomic mass is 10.1. The molecular weight excluding hydrogens is 254 g/mol. The molecule has 0 saturated carbocycles. The second-order valence-electron chi connectivity index (χ2n) is 4.43. The summed E-state index contributed by atoms with van der Waals surface area (Å²) in [5.74, 6) is 0.0726. The van der Waals surface area contributed by atoms with Gasteiger partial charge in [0.25, 0.3) is 0 Å². The zero-order valence-corrected chi connectivity index (χ0v) is 11.3. The highest BCUT2D eigenvalue weighted by atomic mass is 32.1. The number of aromatic nitrogens is 1. The molecule has 2 nitrogen and oxygen atoms in total. The minimum atomic E-state index is 0.0726. The van der Waals surface area contributed by atoms with Gasteiger partial charge in [-0.2, -0.15) is 0 Å². The molecule has 0 radical (unpaired) electrons. The zero-order valence-electron chi connectivity index (χ0n) is 10.5. The average Bonchev–Trinajstić information content (AvgIpc) is 2.84. The van der Waals surface area contributed by atoms with Gasteiger partial charge in [0.15, 0.2) is 0 Å². The van der Waals surface area contributed by atoms with Crippen LogP contribution in [-0.2, 0) is 0 Å². The molecule has 2 aromatic rings. The third-order valence-corrected chi connectivity index (χ3v) is 3.99. The van der Waals surface area contributed by atoms with Crippen LogP contribution in [0.5, 0.6) is 0 Å². The minimum absolute atomic E-state index is 0.0726. The first kappa shape index (κ1) is 11.9. The molecule has 0 bridgehead atoms. The monoisotopic (exact) mass is 267 g/mol. The number of hydrogen-bond donors (Lipinski definition) is 1. The molecule has 0 unspecified atom stereocenters. The van der Waals surface area contributed by atoms with Crippen LogP contribution in [0.25, 0.3) is 10.2 Å². The number of nitrogens with one attached hydrogen (secondary N) is 1. The van der Waals surface area contributed by atoms with Crippen molar-refractivity contribution in [3.8, 4) is 0 Å². The number of thiophene rings is 1. The van der Waals surface area contributed by atoms with Gasteiger partial charge in [0.2, 0.25) is 5.78 Å². The molecule has 2 heterocycles. The Hall–Kier alpha value is -2.13. The molecule has 0 fully saturated rings. The van der Waals surface area contributed by atoms with Gasteiger partial charge in [0.05, 0.1) is 4.88 Å². The van der Waals surface area contributed by atoms with Crippen LogP contribution in [0.1, 0.15) is 15.4 Å². The molecular formula is C16H13NOS. The van der Waals surface area contributed by atoms with Gasteiger partial charge < -0.3 is 4.98 Å². The van der Waals surface area contributed by atoms with Crippen molar-refractivity contribution < 1.29 is 4.79 Å². The van der Waals surface area contributed by atoms with E-state index in [1.54, 1.807) is 0 Å². The lowest BCUT2D eigenvalue weighted by Crippen LogP contribution is -1.98. The van der Waals surface area contributed by atoms with Crippen molar-refractivity contribution in [3.05, 3.63) is 70.8 Å². The Morgan fingerprint density at radius 1 is 1.11 bits per heavy atom. The molecule has 0 atom stereocenters. The lowest BCUT2D eigenvalue weighted by molar-refractivity contribution is 0.104. The fourth-order valence-electron chi connectivity index (χ4n) is 2.03. The molecule has 0 aliphatic heterocycles. The molecule has 19 heavy (non-hydrogen) atoms. The highest BCUT2D eigenvalue weighted by molar-refractivity contribution is 7.20. The van der Waals surface area contributed by atoms with Crippen molar-refractivity contribution in [3.63, 3.8) is 0 Å². The van der Waals surface area contributed by atoms with Crippen molar-refractivity contribution >= 4 is 27.3 Å². The van der Waals surface area contributed by atoms with Crippen LogP contribution in [-0.4, -0.2) is 10.8 Å².